The number of nitrogens with zero attached hydrogens (tertiary/aromatic N) is 1. The van der Waals surface area contributed by atoms with E-state index < -0.39 is 0 Å². The number of hydrogen-bond donors (Lipinski definition) is 1. The van der Waals surface area contributed by atoms with Crippen molar-refractivity contribution in [3.8, 4) is 5.75 Å². The fraction of sp³-hybridized carbons (Fsp3) is 0.312. The van der Waals surface area contributed by atoms with Gasteiger partial charge in [-0.3, -0.25) is 4.79 Å². The summed E-state index contributed by atoms with van der Waals surface area (Å²) in [6, 6.07) is 21.7. The van der Waals surface area contributed by atoms with E-state index in [-0.39, 0.29) is 11.3 Å². The van der Waals surface area contributed by atoms with Crippen LogP contribution >= 0.6 is 11.3 Å². The number of nitrogens with one attached hydrogen (secondary N) is 1. The Hall–Kier alpha value is -3.64. The Morgan fingerprint density at radius 2 is 1.89 bits per heavy atom. The molecule has 0 saturated carbocycles. The van der Waals surface area contributed by atoms with Gasteiger partial charge in [0.25, 0.3) is 5.91 Å². The minimum Gasteiger partial charge on any atom is -0.488 e. The standard InChI is InChI=1S/C32H34N2O3S/c1-32(2,3)24-15-16-26-28(18-24)38-31(29(26)30(35)33-20-25-13-9-17-36-25)34-19-23-12-7-8-14-27(23)37-21-22-10-5-4-6-11-22/h4-14,17,19,24H,15-16,18,20-21H2,1-3H3,(H,33,35)/t24-/m0/s1. The van der Waals surface area contributed by atoms with Gasteiger partial charge in [0.05, 0.1) is 18.4 Å². The zero-order valence-electron chi connectivity index (χ0n) is 22.2. The van der Waals surface area contributed by atoms with Crippen molar-refractivity contribution in [3.63, 3.8) is 0 Å². The van der Waals surface area contributed by atoms with Gasteiger partial charge >= 0.3 is 0 Å². The third-order valence-electron chi connectivity index (χ3n) is 7.18. The Balaban J connectivity index is 1.42. The molecule has 0 radical (unpaired) electrons. The van der Waals surface area contributed by atoms with Crippen molar-refractivity contribution in [2.45, 2.75) is 53.2 Å². The minimum atomic E-state index is -0.103. The zero-order chi connectivity index (χ0) is 26.5. The largest absolute Gasteiger partial charge is 0.488 e. The molecule has 0 unspecified atom stereocenters. The number of amides is 1. The highest BCUT2D eigenvalue weighted by molar-refractivity contribution is 7.16. The van der Waals surface area contributed by atoms with Gasteiger partial charge in [0, 0.05) is 16.7 Å². The molecular formula is C32H34N2O3S. The number of benzene rings is 2. The van der Waals surface area contributed by atoms with E-state index in [9.17, 15) is 4.79 Å². The lowest BCUT2D eigenvalue weighted by Gasteiger charge is -2.33. The molecule has 4 aromatic rings. The third kappa shape index (κ3) is 6.08. The number of carbonyl (C=O) groups excluding carboxylic acids is 1. The number of aliphatic imine (C=N–C) groups is 1. The normalized spacial score (nSPS) is 15.4. The van der Waals surface area contributed by atoms with Crippen LogP contribution in [0.3, 0.4) is 0 Å². The van der Waals surface area contributed by atoms with Crippen molar-refractivity contribution in [2.75, 3.05) is 0 Å². The summed E-state index contributed by atoms with van der Waals surface area (Å²) in [6.07, 6.45) is 6.39. The van der Waals surface area contributed by atoms with Crippen molar-refractivity contribution in [2.24, 2.45) is 16.3 Å². The average Bonchev–Trinajstić information content (AvgIpc) is 3.57. The van der Waals surface area contributed by atoms with E-state index in [1.54, 1.807) is 17.6 Å². The second-order valence-corrected chi connectivity index (χ2v) is 11.9. The summed E-state index contributed by atoms with van der Waals surface area (Å²) < 4.78 is 11.5. The first kappa shape index (κ1) is 26.0. The van der Waals surface area contributed by atoms with E-state index in [1.165, 1.54) is 4.88 Å². The number of rotatable bonds is 8. The Morgan fingerprint density at radius 1 is 1.11 bits per heavy atom. The Labute approximate surface area is 228 Å². The van der Waals surface area contributed by atoms with Crippen LogP contribution in [0.15, 0.2) is 82.4 Å². The fourth-order valence-corrected chi connectivity index (χ4v) is 6.16. The summed E-state index contributed by atoms with van der Waals surface area (Å²) in [5, 5.41) is 3.79. The van der Waals surface area contributed by atoms with Crippen LogP contribution in [0.4, 0.5) is 5.00 Å². The molecule has 2 heterocycles. The van der Waals surface area contributed by atoms with Gasteiger partial charge in [0.1, 0.15) is 23.1 Å². The molecule has 0 saturated heterocycles. The molecule has 1 N–H and O–H groups in total. The summed E-state index contributed by atoms with van der Waals surface area (Å²) >= 11 is 1.65. The molecule has 6 heteroatoms. The Bertz CT molecular complexity index is 1400. The van der Waals surface area contributed by atoms with Crippen LogP contribution in [-0.2, 0) is 26.0 Å². The second-order valence-electron chi connectivity index (χ2n) is 10.8. The molecule has 5 nitrogen and oxygen atoms in total. The maximum atomic E-state index is 13.5. The topological polar surface area (TPSA) is 63.8 Å². The van der Waals surface area contributed by atoms with Crippen molar-refractivity contribution in [1.82, 2.24) is 5.32 Å². The molecular weight excluding hydrogens is 492 g/mol. The first-order valence-corrected chi connectivity index (χ1v) is 13.9. The highest BCUT2D eigenvalue weighted by atomic mass is 32.1. The van der Waals surface area contributed by atoms with Crippen LogP contribution in [0.2, 0.25) is 0 Å². The van der Waals surface area contributed by atoms with Gasteiger partial charge < -0.3 is 14.5 Å². The maximum Gasteiger partial charge on any atom is 0.255 e. The van der Waals surface area contributed by atoms with Crippen molar-refractivity contribution >= 4 is 28.5 Å². The number of ether oxygens (including phenoxy) is 1. The SMILES string of the molecule is CC(C)(C)[C@H]1CCc2c(sc(N=Cc3ccccc3OCc3ccccc3)c2C(=O)NCc2ccco2)C1. The van der Waals surface area contributed by atoms with E-state index in [1.807, 2.05) is 72.9 Å². The maximum absolute atomic E-state index is 13.5. The predicted octanol–water partition coefficient (Wildman–Crippen LogP) is 7.75. The quantitative estimate of drug-likeness (QED) is 0.239. The zero-order valence-corrected chi connectivity index (χ0v) is 23.0. The number of para-hydroxylation sites is 1. The van der Waals surface area contributed by atoms with Crippen molar-refractivity contribution in [1.29, 1.82) is 0 Å². The van der Waals surface area contributed by atoms with E-state index in [0.717, 1.165) is 52.5 Å². The Kier molecular flexibility index (Phi) is 7.79. The summed E-state index contributed by atoms with van der Waals surface area (Å²) in [7, 11) is 0. The van der Waals surface area contributed by atoms with Crippen LogP contribution < -0.4 is 10.1 Å². The van der Waals surface area contributed by atoms with Crippen molar-refractivity contribution < 1.29 is 13.9 Å². The van der Waals surface area contributed by atoms with Crippen LogP contribution in [0.1, 0.15) is 64.9 Å². The van der Waals surface area contributed by atoms with Gasteiger partial charge in [0.15, 0.2) is 0 Å². The molecule has 1 aliphatic rings. The van der Waals surface area contributed by atoms with Crippen LogP contribution in [-0.4, -0.2) is 12.1 Å². The van der Waals surface area contributed by atoms with Gasteiger partial charge in [-0.2, -0.15) is 0 Å². The average molecular weight is 527 g/mol. The van der Waals surface area contributed by atoms with Crippen LogP contribution in [0.5, 0.6) is 5.75 Å². The van der Waals surface area contributed by atoms with Crippen molar-refractivity contribution in [3.05, 3.63) is 106 Å². The van der Waals surface area contributed by atoms with E-state index in [4.69, 9.17) is 14.1 Å². The first-order chi connectivity index (χ1) is 18.4. The van der Waals surface area contributed by atoms with Crippen LogP contribution in [0.25, 0.3) is 0 Å². The van der Waals surface area contributed by atoms with E-state index >= 15 is 0 Å². The highest BCUT2D eigenvalue weighted by Crippen LogP contribution is 2.45. The number of furan rings is 1. The smallest absolute Gasteiger partial charge is 0.255 e. The highest BCUT2D eigenvalue weighted by Gasteiger charge is 2.33. The molecule has 1 amide bonds. The summed E-state index contributed by atoms with van der Waals surface area (Å²) in [5.41, 5.74) is 4.05. The lowest BCUT2D eigenvalue weighted by Crippen LogP contribution is -2.28. The number of hydrogen-bond acceptors (Lipinski definition) is 5. The number of fused-ring (bicyclic) bond motifs is 1. The van der Waals surface area contributed by atoms with Gasteiger partial charge in [-0.25, -0.2) is 4.99 Å². The van der Waals surface area contributed by atoms with Gasteiger partial charge in [-0.15, -0.1) is 11.3 Å². The monoisotopic (exact) mass is 526 g/mol. The molecule has 0 aliphatic heterocycles. The molecule has 2 aromatic carbocycles. The molecule has 0 fully saturated rings. The lowest BCUT2D eigenvalue weighted by molar-refractivity contribution is 0.0947. The first-order valence-electron chi connectivity index (χ1n) is 13.1. The van der Waals surface area contributed by atoms with E-state index in [2.05, 4.69) is 26.1 Å². The van der Waals surface area contributed by atoms with Gasteiger partial charge in [-0.05, 0) is 66.0 Å². The molecule has 0 spiro atoms. The van der Waals surface area contributed by atoms with Gasteiger partial charge in [0.2, 0.25) is 0 Å². The molecule has 0 bridgehead atoms. The van der Waals surface area contributed by atoms with Crippen LogP contribution in [0, 0.1) is 11.3 Å². The molecule has 1 aliphatic carbocycles. The summed E-state index contributed by atoms with van der Waals surface area (Å²) in [4.78, 5) is 19.6. The van der Waals surface area contributed by atoms with E-state index in [0.29, 0.717) is 24.6 Å². The number of carbonyl (C=O) groups is 1. The third-order valence-corrected chi connectivity index (χ3v) is 8.34. The lowest BCUT2D eigenvalue weighted by atomic mass is 9.72. The second kappa shape index (κ2) is 11.4. The van der Waals surface area contributed by atoms with Gasteiger partial charge in [-0.1, -0.05) is 63.2 Å². The molecule has 38 heavy (non-hydrogen) atoms. The molecule has 196 valence electrons. The predicted molar refractivity (Wildman–Crippen MR) is 154 cm³/mol. The number of thiophene rings is 1. The fourth-order valence-electron chi connectivity index (χ4n) is 4.89. The molecule has 2 aromatic heterocycles. The molecule has 5 rings (SSSR count). The minimum absolute atomic E-state index is 0.103. The summed E-state index contributed by atoms with van der Waals surface area (Å²) in [5.74, 6) is 1.97. The Morgan fingerprint density at radius 3 is 2.66 bits per heavy atom. The summed E-state index contributed by atoms with van der Waals surface area (Å²) in [6.45, 7) is 7.74. The molecule has 1 atom stereocenters.